The summed E-state index contributed by atoms with van der Waals surface area (Å²) in [5.74, 6) is 0.104. The van der Waals surface area contributed by atoms with Crippen molar-refractivity contribution >= 4 is 33.2 Å². The van der Waals surface area contributed by atoms with Crippen LogP contribution in [-0.4, -0.2) is 41.5 Å². The van der Waals surface area contributed by atoms with Gasteiger partial charge >= 0.3 is 0 Å². The molecule has 0 radical (unpaired) electrons. The summed E-state index contributed by atoms with van der Waals surface area (Å²) < 4.78 is 28.7. The summed E-state index contributed by atoms with van der Waals surface area (Å²) in [6, 6.07) is 6.27. The lowest BCUT2D eigenvalue weighted by Crippen LogP contribution is -2.39. The summed E-state index contributed by atoms with van der Waals surface area (Å²) in [6.07, 6.45) is 1.93. The van der Waals surface area contributed by atoms with Gasteiger partial charge in [-0.2, -0.15) is 9.40 Å². The standard InChI is InChI=1S/C19H25ClN4O3S/c1-13-5-4-10-23(11-13)28(26,27)17-8-6-16(7-9-17)21-18(25)12-24-15(3)19(20)14(2)22-24/h6-9,13H,4-5,10-12H2,1-3H3,(H,21,25). The topological polar surface area (TPSA) is 84.3 Å². The highest BCUT2D eigenvalue weighted by Gasteiger charge is 2.28. The number of carbonyl (C=O) groups excluding carboxylic acids is 1. The number of hydrogen-bond acceptors (Lipinski definition) is 4. The van der Waals surface area contributed by atoms with E-state index in [0.717, 1.165) is 18.5 Å². The summed E-state index contributed by atoms with van der Waals surface area (Å²) in [5.41, 5.74) is 1.93. The second kappa shape index (κ2) is 8.23. The van der Waals surface area contributed by atoms with Gasteiger partial charge in [-0.25, -0.2) is 8.42 Å². The molecule has 1 amide bonds. The highest BCUT2D eigenvalue weighted by atomic mass is 35.5. The van der Waals surface area contributed by atoms with Gasteiger partial charge in [0, 0.05) is 18.8 Å². The molecule has 0 saturated carbocycles. The van der Waals surface area contributed by atoms with E-state index in [1.165, 1.54) is 12.1 Å². The molecule has 1 unspecified atom stereocenters. The molecule has 1 atom stereocenters. The summed E-state index contributed by atoms with van der Waals surface area (Å²) >= 11 is 6.10. The molecule has 0 spiro atoms. The number of aryl methyl sites for hydroxylation is 1. The zero-order chi connectivity index (χ0) is 20.5. The first-order valence-corrected chi connectivity index (χ1v) is 11.1. The van der Waals surface area contributed by atoms with Crippen LogP contribution in [0.1, 0.15) is 31.2 Å². The molecule has 1 aromatic carbocycles. The Morgan fingerprint density at radius 3 is 2.54 bits per heavy atom. The number of anilines is 1. The van der Waals surface area contributed by atoms with Gasteiger partial charge < -0.3 is 5.32 Å². The predicted octanol–water partition coefficient (Wildman–Crippen LogP) is 3.21. The minimum absolute atomic E-state index is 0.0328. The van der Waals surface area contributed by atoms with Crippen LogP contribution in [0.15, 0.2) is 29.2 Å². The van der Waals surface area contributed by atoms with Crippen LogP contribution in [0.25, 0.3) is 0 Å². The number of hydrogen-bond donors (Lipinski definition) is 1. The van der Waals surface area contributed by atoms with Crippen molar-refractivity contribution < 1.29 is 13.2 Å². The zero-order valence-electron chi connectivity index (χ0n) is 16.3. The van der Waals surface area contributed by atoms with E-state index in [1.54, 1.807) is 35.0 Å². The van der Waals surface area contributed by atoms with E-state index in [-0.39, 0.29) is 17.3 Å². The molecule has 152 valence electrons. The lowest BCUT2D eigenvalue weighted by molar-refractivity contribution is -0.116. The number of piperidine rings is 1. The molecule has 2 aromatic rings. The van der Waals surface area contributed by atoms with Gasteiger partial charge in [0.25, 0.3) is 0 Å². The summed E-state index contributed by atoms with van der Waals surface area (Å²) in [7, 11) is -3.50. The average molecular weight is 425 g/mol. The first-order valence-electron chi connectivity index (χ1n) is 9.28. The summed E-state index contributed by atoms with van der Waals surface area (Å²) in [4.78, 5) is 12.5. The third-order valence-corrected chi connectivity index (χ3v) is 7.41. The maximum atomic E-state index is 12.8. The Balaban J connectivity index is 1.67. The molecule has 1 fully saturated rings. The number of carbonyl (C=O) groups is 1. The highest BCUT2D eigenvalue weighted by molar-refractivity contribution is 7.89. The SMILES string of the molecule is Cc1nn(CC(=O)Nc2ccc(S(=O)(=O)N3CCCC(C)C3)cc2)c(C)c1Cl. The predicted molar refractivity (Wildman–Crippen MR) is 109 cm³/mol. The third-order valence-electron chi connectivity index (χ3n) is 4.98. The number of halogens is 1. The van der Waals surface area contributed by atoms with Gasteiger partial charge in [0.2, 0.25) is 15.9 Å². The van der Waals surface area contributed by atoms with E-state index in [9.17, 15) is 13.2 Å². The first kappa shape index (κ1) is 20.8. The van der Waals surface area contributed by atoms with Crippen LogP contribution in [0, 0.1) is 19.8 Å². The Kier molecular flexibility index (Phi) is 6.12. The van der Waals surface area contributed by atoms with Crippen LogP contribution in [0.4, 0.5) is 5.69 Å². The van der Waals surface area contributed by atoms with Gasteiger partial charge in [-0.15, -0.1) is 0 Å². The molecule has 3 rings (SSSR count). The second-order valence-corrected chi connectivity index (χ2v) is 9.64. The molecule has 0 aliphatic carbocycles. The summed E-state index contributed by atoms with van der Waals surface area (Å²) in [6.45, 7) is 6.78. The Bertz CT molecular complexity index is 970. The van der Waals surface area contributed by atoms with E-state index in [1.807, 2.05) is 0 Å². The lowest BCUT2D eigenvalue weighted by Gasteiger charge is -2.30. The molecule has 1 N–H and O–H groups in total. The van der Waals surface area contributed by atoms with Crippen LogP contribution >= 0.6 is 11.6 Å². The molecule has 1 saturated heterocycles. The Morgan fingerprint density at radius 2 is 1.96 bits per heavy atom. The van der Waals surface area contributed by atoms with Crippen molar-refractivity contribution in [3.05, 3.63) is 40.7 Å². The van der Waals surface area contributed by atoms with Crippen LogP contribution < -0.4 is 5.32 Å². The van der Waals surface area contributed by atoms with Gasteiger partial charge in [-0.1, -0.05) is 18.5 Å². The lowest BCUT2D eigenvalue weighted by atomic mass is 10.0. The quantitative estimate of drug-likeness (QED) is 0.798. The Labute approximate surface area is 170 Å². The van der Waals surface area contributed by atoms with Gasteiger partial charge in [0.05, 0.1) is 21.3 Å². The third kappa shape index (κ3) is 4.39. The fraction of sp³-hybridized carbons (Fsp3) is 0.474. The van der Waals surface area contributed by atoms with Gasteiger partial charge in [0.1, 0.15) is 6.54 Å². The Morgan fingerprint density at radius 1 is 1.29 bits per heavy atom. The molecule has 1 aromatic heterocycles. The molecule has 28 heavy (non-hydrogen) atoms. The van der Waals surface area contributed by atoms with Crippen molar-refractivity contribution in [2.45, 2.75) is 45.1 Å². The van der Waals surface area contributed by atoms with Crippen molar-refractivity contribution in [2.75, 3.05) is 18.4 Å². The summed E-state index contributed by atoms with van der Waals surface area (Å²) in [5, 5.41) is 7.55. The molecule has 0 bridgehead atoms. The van der Waals surface area contributed by atoms with E-state index >= 15 is 0 Å². The monoisotopic (exact) mass is 424 g/mol. The zero-order valence-corrected chi connectivity index (χ0v) is 17.8. The largest absolute Gasteiger partial charge is 0.324 e. The number of rotatable bonds is 5. The van der Waals surface area contributed by atoms with E-state index < -0.39 is 10.0 Å². The maximum absolute atomic E-state index is 12.8. The molecule has 1 aliphatic rings. The van der Waals surface area contributed by atoms with Crippen LogP contribution in [0.2, 0.25) is 5.02 Å². The minimum Gasteiger partial charge on any atom is -0.324 e. The molecule has 7 nitrogen and oxygen atoms in total. The van der Waals surface area contributed by atoms with Gasteiger partial charge in [-0.3, -0.25) is 9.48 Å². The number of sulfonamides is 1. The highest BCUT2D eigenvalue weighted by Crippen LogP contribution is 2.24. The molecule has 9 heteroatoms. The van der Waals surface area contributed by atoms with E-state index in [0.29, 0.717) is 35.4 Å². The number of benzene rings is 1. The van der Waals surface area contributed by atoms with E-state index in [2.05, 4.69) is 17.3 Å². The van der Waals surface area contributed by atoms with E-state index in [4.69, 9.17) is 11.6 Å². The van der Waals surface area contributed by atoms with Gasteiger partial charge in [0.15, 0.2) is 0 Å². The van der Waals surface area contributed by atoms with Crippen LogP contribution in [-0.2, 0) is 21.4 Å². The van der Waals surface area contributed by atoms with Crippen molar-refractivity contribution in [2.24, 2.45) is 5.92 Å². The average Bonchev–Trinajstić information content (AvgIpc) is 2.89. The maximum Gasteiger partial charge on any atom is 0.246 e. The van der Waals surface area contributed by atoms with Crippen molar-refractivity contribution in [1.82, 2.24) is 14.1 Å². The number of nitrogens with zero attached hydrogens (tertiary/aromatic N) is 3. The molecule has 2 heterocycles. The normalized spacial score (nSPS) is 18.2. The van der Waals surface area contributed by atoms with Gasteiger partial charge in [-0.05, 0) is 56.9 Å². The molecule has 1 aliphatic heterocycles. The molecular weight excluding hydrogens is 400 g/mol. The fourth-order valence-corrected chi connectivity index (χ4v) is 5.12. The Hall–Kier alpha value is -1.90. The van der Waals surface area contributed by atoms with Crippen molar-refractivity contribution in [3.8, 4) is 0 Å². The van der Waals surface area contributed by atoms with Crippen molar-refractivity contribution in [3.63, 3.8) is 0 Å². The van der Waals surface area contributed by atoms with Crippen molar-refractivity contribution in [1.29, 1.82) is 0 Å². The second-order valence-electron chi connectivity index (χ2n) is 7.33. The van der Waals surface area contributed by atoms with Crippen LogP contribution in [0.5, 0.6) is 0 Å². The number of nitrogens with one attached hydrogen (secondary N) is 1. The first-order chi connectivity index (χ1) is 13.2. The number of amides is 1. The minimum atomic E-state index is -3.50. The smallest absolute Gasteiger partial charge is 0.246 e. The molecular formula is C19H25ClN4O3S. The fourth-order valence-electron chi connectivity index (χ4n) is 3.39. The van der Waals surface area contributed by atoms with Crippen LogP contribution in [0.3, 0.4) is 0 Å². The number of aromatic nitrogens is 2.